The fourth-order valence-electron chi connectivity index (χ4n) is 2.39. The van der Waals surface area contributed by atoms with Crippen LogP contribution >= 0.6 is 0 Å². The molecule has 0 bridgehead atoms. The van der Waals surface area contributed by atoms with Crippen molar-refractivity contribution in [1.82, 2.24) is 10.1 Å². The van der Waals surface area contributed by atoms with Gasteiger partial charge in [0, 0.05) is 6.07 Å². The van der Waals surface area contributed by atoms with Gasteiger partial charge in [-0.05, 0) is 18.2 Å². The van der Waals surface area contributed by atoms with Crippen molar-refractivity contribution in [3.8, 4) is 17.1 Å². The smallest absolute Gasteiger partial charge is 0.340 e. The first-order chi connectivity index (χ1) is 13.0. The predicted molar refractivity (Wildman–Crippen MR) is 91.3 cm³/mol. The molecule has 0 spiro atoms. The molecule has 3 rings (SSSR count). The highest BCUT2D eigenvalue weighted by Crippen LogP contribution is 2.27. The zero-order valence-electron chi connectivity index (χ0n) is 14.5. The van der Waals surface area contributed by atoms with E-state index < -0.39 is 17.6 Å². The van der Waals surface area contributed by atoms with Gasteiger partial charge in [-0.3, -0.25) is 0 Å². The SMILES string of the molecule is COC(=O)c1cc(NCc2nc(-c3ccccc3OC)no2)c(F)cc1F. The van der Waals surface area contributed by atoms with Crippen LogP contribution in [0.1, 0.15) is 16.2 Å². The molecule has 0 aliphatic heterocycles. The van der Waals surface area contributed by atoms with Gasteiger partial charge < -0.3 is 19.3 Å². The van der Waals surface area contributed by atoms with Crippen LogP contribution in [0.5, 0.6) is 5.75 Å². The number of para-hydroxylation sites is 1. The normalized spacial score (nSPS) is 10.5. The molecule has 3 aromatic rings. The number of hydrogen-bond acceptors (Lipinski definition) is 7. The van der Waals surface area contributed by atoms with E-state index in [9.17, 15) is 13.6 Å². The van der Waals surface area contributed by atoms with Crippen molar-refractivity contribution < 1.29 is 27.6 Å². The third-order valence-electron chi connectivity index (χ3n) is 3.71. The number of methoxy groups -OCH3 is 2. The van der Waals surface area contributed by atoms with E-state index in [2.05, 4.69) is 20.2 Å². The van der Waals surface area contributed by atoms with Crippen LogP contribution in [0.25, 0.3) is 11.4 Å². The molecule has 1 aromatic heterocycles. The molecule has 0 radical (unpaired) electrons. The summed E-state index contributed by atoms with van der Waals surface area (Å²) < 4.78 is 42.5. The highest BCUT2D eigenvalue weighted by Gasteiger charge is 2.18. The summed E-state index contributed by atoms with van der Waals surface area (Å²) in [5.74, 6) is -1.75. The fourth-order valence-corrected chi connectivity index (χ4v) is 2.39. The van der Waals surface area contributed by atoms with E-state index in [0.29, 0.717) is 23.2 Å². The number of benzene rings is 2. The molecule has 27 heavy (non-hydrogen) atoms. The van der Waals surface area contributed by atoms with E-state index in [1.807, 2.05) is 0 Å². The lowest BCUT2D eigenvalue weighted by Crippen LogP contribution is -2.08. The lowest BCUT2D eigenvalue weighted by molar-refractivity contribution is 0.0595. The maximum atomic E-state index is 13.9. The molecule has 0 atom stereocenters. The Hall–Kier alpha value is -3.49. The summed E-state index contributed by atoms with van der Waals surface area (Å²) in [7, 11) is 2.63. The maximum Gasteiger partial charge on any atom is 0.340 e. The molecule has 0 saturated carbocycles. The van der Waals surface area contributed by atoms with Gasteiger partial charge in [-0.2, -0.15) is 4.98 Å². The molecular formula is C18H15F2N3O4. The molecule has 7 nitrogen and oxygen atoms in total. The van der Waals surface area contributed by atoms with E-state index in [0.717, 1.165) is 13.2 Å². The molecule has 0 unspecified atom stereocenters. The average molecular weight is 375 g/mol. The summed E-state index contributed by atoms with van der Waals surface area (Å²) in [4.78, 5) is 15.7. The minimum absolute atomic E-state index is 0.0364. The first-order valence-corrected chi connectivity index (χ1v) is 7.80. The van der Waals surface area contributed by atoms with E-state index in [1.165, 1.54) is 7.11 Å². The van der Waals surface area contributed by atoms with Crippen molar-refractivity contribution in [2.45, 2.75) is 6.54 Å². The van der Waals surface area contributed by atoms with Crippen molar-refractivity contribution in [2.24, 2.45) is 0 Å². The Balaban J connectivity index is 1.78. The number of halogens is 2. The lowest BCUT2D eigenvalue weighted by atomic mass is 10.1. The standard InChI is InChI=1S/C18H15F2N3O4/c1-25-15-6-4-3-5-10(15)17-22-16(27-23-17)9-21-14-7-11(18(24)26-2)12(19)8-13(14)20/h3-8,21H,9H2,1-2H3. The molecule has 2 aromatic carbocycles. The fraction of sp³-hybridized carbons (Fsp3) is 0.167. The quantitative estimate of drug-likeness (QED) is 0.661. The summed E-state index contributed by atoms with van der Waals surface area (Å²) in [6, 6.07) is 8.75. The zero-order valence-corrected chi connectivity index (χ0v) is 14.5. The average Bonchev–Trinajstić information content (AvgIpc) is 3.15. The number of carbonyl (C=O) groups excluding carboxylic acids is 1. The summed E-state index contributed by atoms with van der Waals surface area (Å²) in [6.45, 7) is -0.0364. The van der Waals surface area contributed by atoms with Gasteiger partial charge in [-0.1, -0.05) is 17.3 Å². The van der Waals surface area contributed by atoms with Crippen LogP contribution in [0.15, 0.2) is 40.9 Å². The number of rotatable bonds is 6. The molecule has 0 fully saturated rings. The highest BCUT2D eigenvalue weighted by atomic mass is 19.1. The number of nitrogens with one attached hydrogen (secondary N) is 1. The van der Waals surface area contributed by atoms with Gasteiger partial charge in [0.25, 0.3) is 0 Å². The first-order valence-electron chi connectivity index (χ1n) is 7.80. The maximum absolute atomic E-state index is 13.9. The zero-order chi connectivity index (χ0) is 19.4. The molecule has 1 heterocycles. The van der Waals surface area contributed by atoms with Gasteiger partial charge in [-0.25, -0.2) is 13.6 Å². The summed E-state index contributed by atoms with van der Waals surface area (Å²) in [5, 5.41) is 6.56. The molecule has 0 amide bonds. The summed E-state index contributed by atoms with van der Waals surface area (Å²) in [5.41, 5.74) is 0.145. The number of anilines is 1. The molecular weight excluding hydrogens is 360 g/mol. The van der Waals surface area contributed by atoms with Crippen LogP contribution in [0, 0.1) is 11.6 Å². The Kier molecular flexibility index (Phi) is 5.30. The third kappa shape index (κ3) is 3.86. The Morgan fingerprint density at radius 3 is 2.70 bits per heavy atom. The molecule has 140 valence electrons. The monoisotopic (exact) mass is 375 g/mol. The van der Waals surface area contributed by atoms with Gasteiger partial charge in [0.2, 0.25) is 11.7 Å². The van der Waals surface area contributed by atoms with Gasteiger partial charge in [0.1, 0.15) is 17.4 Å². The Bertz CT molecular complexity index is 975. The summed E-state index contributed by atoms with van der Waals surface area (Å²) in [6.07, 6.45) is 0. The minimum Gasteiger partial charge on any atom is -0.496 e. The molecule has 0 aliphatic carbocycles. The van der Waals surface area contributed by atoms with Crippen LogP contribution in [0.2, 0.25) is 0 Å². The van der Waals surface area contributed by atoms with E-state index in [-0.39, 0.29) is 23.7 Å². The second-order valence-corrected chi connectivity index (χ2v) is 5.37. The van der Waals surface area contributed by atoms with Crippen LogP contribution in [-0.2, 0) is 11.3 Å². The molecule has 0 saturated heterocycles. The van der Waals surface area contributed by atoms with Crippen LogP contribution in [-0.4, -0.2) is 30.3 Å². The van der Waals surface area contributed by atoms with E-state index >= 15 is 0 Å². The topological polar surface area (TPSA) is 86.5 Å². The summed E-state index contributed by atoms with van der Waals surface area (Å²) >= 11 is 0. The number of aromatic nitrogens is 2. The highest BCUT2D eigenvalue weighted by molar-refractivity contribution is 5.90. The van der Waals surface area contributed by atoms with E-state index in [1.54, 1.807) is 24.3 Å². The Morgan fingerprint density at radius 2 is 1.96 bits per heavy atom. The number of carbonyl (C=O) groups is 1. The molecule has 1 N–H and O–H groups in total. The van der Waals surface area contributed by atoms with Gasteiger partial charge in [0.15, 0.2) is 0 Å². The van der Waals surface area contributed by atoms with Crippen molar-refractivity contribution >= 4 is 11.7 Å². The van der Waals surface area contributed by atoms with Crippen LogP contribution in [0.4, 0.5) is 14.5 Å². The lowest BCUT2D eigenvalue weighted by Gasteiger charge is -2.08. The number of esters is 1. The third-order valence-corrected chi connectivity index (χ3v) is 3.71. The molecule has 9 heteroatoms. The van der Waals surface area contributed by atoms with Crippen molar-refractivity contribution in [2.75, 3.05) is 19.5 Å². The van der Waals surface area contributed by atoms with Gasteiger partial charge in [-0.15, -0.1) is 0 Å². The first kappa shape index (κ1) is 18.3. The van der Waals surface area contributed by atoms with Crippen LogP contribution < -0.4 is 10.1 Å². The number of nitrogens with zero attached hydrogens (tertiary/aromatic N) is 2. The van der Waals surface area contributed by atoms with Crippen molar-refractivity contribution in [3.63, 3.8) is 0 Å². The van der Waals surface area contributed by atoms with Gasteiger partial charge in [0.05, 0.1) is 37.6 Å². The minimum atomic E-state index is -1.01. The second kappa shape index (κ2) is 7.81. The van der Waals surface area contributed by atoms with Crippen LogP contribution in [0.3, 0.4) is 0 Å². The largest absolute Gasteiger partial charge is 0.496 e. The molecule has 0 aliphatic rings. The predicted octanol–water partition coefficient (Wildman–Crippen LogP) is 3.42. The Labute approximate surface area is 152 Å². The van der Waals surface area contributed by atoms with E-state index in [4.69, 9.17) is 9.26 Å². The second-order valence-electron chi connectivity index (χ2n) is 5.37. The number of hydrogen-bond donors (Lipinski definition) is 1. The number of ether oxygens (including phenoxy) is 2. The Morgan fingerprint density at radius 1 is 1.19 bits per heavy atom. The van der Waals surface area contributed by atoms with Crippen molar-refractivity contribution in [3.05, 3.63) is 59.5 Å². The van der Waals surface area contributed by atoms with Crippen molar-refractivity contribution in [1.29, 1.82) is 0 Å². The van der Waals surface area contributed by atoms with Gasteiger partial charge >= 0.3 is 5.97 Å².